The fraction of sp³-hybridized carbons (Fsp3) is 1.00. The quantitative estimate of drug-likeness (QED) is 0.546. The molecule has 0 aromatic rings. The molecule has 0 saturated heterocycles. The maximum atomic E-state index is 5.23. The molecule has 4 N–H and O–H groups in total. The Balaban J connectivity index is 2.53. The van der Waals surface area contributed by atoms with E-state index in [1.807, 2.05) is 0 Å². The Morgan fingerprint density at radius 3 is 2.50 bits per heavy atom. The van der Waals surface area contributed by atoms with E-state index in [1.165, 1.54) is 0 Å². The van der Waals surface area contributed by atoms with Gasteiger partial charge in [0.25, 0.3) is 0 Å². The molecule has 53 valence electrons. The van der Waals surface area contributed by atoms with Crippen molar-refractivity contribution >= 4 is 0 Å². The van der Waals surface area contributed by atoms with Crippen molar-refractivity contribution in [2.24, 2.45) is 5.73 Å². The second-order valence-corrected chi connectivity index (χ2v) is 2.20. The van der Waals surface area contributed by atoms with Gasteiger partial charge in [-0.1, -0.05) is 0 Å². The first-order chi connectivity index (χ1) is 3.91. The van der Waals surface area contributed by atoms with Gasteiger partial charge in [0.1, 0.15) is 0 Å². The third-order valence-corrected chi connectivity index (χ3v) is 1.27. The van der Waals surface area contributed by atoms with Gasteiger partial charge in [0.15, 0.2) is 0 Å². The molecule has 0 aliphatic rings. The van der Waals surface area contributed by atoms with Gasteiger partial charge in [0.2, 0.25) is 0 Å². The first-order valence-electron chi connectivity index (χ1n) is 2.63. The molecule has 4 heteroatoms. The molecule has 0 unspecified atom stereocenters. The van der Waals surface area contributed by atoms with Crippen LogP contribution in [0, 0.1) is 0 Å². The molecule has 0 aromatic heterocycles. The summed E-state index contributed by atoms with van der Waals surface area (Å²) in [6, 6.07) is 0. The summed E-state index contributed by atoms with van der Waals surface area (Å²) in [5.74, 6) is 0. The molecule has 0 amide bonds. The Bertz CT molecular complexity index is 36.3. The summed E-state index contributed by atoms with van der Waals surface area (Å²) >= 11 is 2.10. The molecule has 0 aliphatic heterocycles. The molecular weight excluding hydrogens is 285 g/mol. The van der Waals surface area contributed by atoms with E-state index in [0.717, 1.165) is 26.2 Å². The van der Waals surface area contributed by atoms with Crippen LogP contribution in [0.2, 0.25) is 0 Å². The Labute approximate surface area is 61.6 Å². The van der Waals surface area contributed by atoms with Gasteiger partial charge < -0.3 is 0 Å². The summed E-state index contributed by atoms with van der Waals surface area (Å²) in [5, 5.41) is 3.14. The molecule has 8 heavy (non-hydrogen) atoms. The second-order valence-electron chi connectivity index (χ2n) is 1.40. The number of hydrogen-bond donors (Lipinski definition) is 3. The maximum absolute atomic E-state index is 5.23. The third kappa shape index (κ3) is 6.57. The summed E-state index contributed by atoms with van der Waals surface area (Å²) in [4.78, 5) is 0. The zero-order valence-electron chi connectivity index (χ0n) is 4.72. The number of nitrogens with one attached hydrogen (secondary N) is 2. The molecule has 3 nitrogen and oxygen atoms in total. The fourth-order valence-corrected chi connectivity index (χ4v) is 0.639. The average molecular weight is 297 g/mol. The van der Waals surface area contributed by atoms with Crippen LogP contribution in [0.1, 0.15) is 0 Å². The third-order valence-electron chi connectivity index (χ3n) is 0.702. The second kappa shape index (κ2) is 7.57. The molecule has 0 atom stereocenters. The molecule has 0 radical (unpaired) electrons. The van der Waals surface area contributed by atoms with Crippen LogP contribution in [0.3, 0.4) is 0 Å². The standard InChI is InChI=1S/C4H12N3.Pt/c5-1-3-7-4-2-6;/h5,7H,1-4,6H2;/q-1;+1. The van der Waals surface area contributed by atoms with Crippen molar-refractivity contribution in [2.45, 2.75) is 0 Å². The fourth-order valence-electron chi connectivity index (χ4n) is 0.355. The van der Waals surface area contributed by atoms with E-state index < -0.39 is 0 Å². The molecule has 0 heterocycles. The Hall–Kier alpha value is 0.568. The summed E-state index contributed by atoms with van der Waals surface area (Å²) < 4.78 is 3.00. The SMILES string of the molecule is NCCNCC[NH][Pt]. The Kier molecular flexibility index (Phi) is 8.11. The number of nitrogens with two attached hydrogens (primary N) is 1. The van der Waals surface area contributed by atoms with Gasteiger partial charge in [-0.3, -0.25) is 0 Å². The van der Waals surface area contributed by atoms with Gasteiger partial charge in [0.05, 0.1) is 0 Å². The topological polar surface area (TPSA) is 50.1 Å². The summed E-state index contributed by atoms with van der Waals surface area (Å²) in [5.41, 5.74) is 5.23. The molecule has 0 aromatic carbocycles. The van der Waals surface area contributed by atoms with Crippen LogP contribution in [-0.4, -0.2) is 26.2 Å². The predicted octanol–water partition coefficient (Wildman–Crippen LogP) is -1.41. The molecular formula is C4H12N3Pt. The number of hydrogen-bond acceptors (Lipinski definition) is 3. The Morgan fingerprint density at radius 1 is 1.25 bits per heavy atom. The molecule has 0 spiro atoms. The molecule has 0 saturated carbocycles. The zero-order chi connectivity index (χ0) is 6.24. The minimum atomic E-state index is 0.724. The van der Waals surface area contributed by atoms with Crippen LogP contribution in [0.25, 0.3) is 0 Å². The van der Waals surface area contributed by atoms with Crippen LogP contribution >= 0.6 is 0 Å². The normalized spacial score (nSPS) is 9.88. The summed E-state index contributed by atoms with van der Waals surface area (Å²) in [7, 11) is 0. The number of rotatable bonds is 5. The predicted molar refractivity (Wildman–Crippen MR) is 29.9 cm³/mol. The van der Waals surface area contributed by atoms with Crippen LogP contribution in [0.4, 0.5) is 0 Å². The van der Waals surface area contributed by atoms with Crippen molar-refractivity contribution in [3.8, 4) is 0 Å². The van der Waals surface area contributed by atoms with Crippen molar-refractivity contribution in [1.29, 1.82) is 0 Å². The van der Waals surface area contributed by atoms with E-state index in [4.69, 9.17) is 5.73 Å². The van der Waals surface area contributed by atoms with E-state index >= 15 is 0 Å². The van der Waals surface area contributed by atoms with E-state index in [9.17, 15) is 0 Å². The van der Waals surface area contributed by atoms with Crippen molar-refractivity contribution in [3.63, 3.8) is 0 Å². The van der Waals surface area contributed by atoms with E-state index in [0.29, 0.717) is 0 Å². The van der Waals surface area contributed by atoms with Crippen molar-refractivity contribution in [1.82, 2.24) is 9.19 Å². The van der Waals surface area contributed by atoms with Crippen molar-refractivity contribution in [2.75, 3.05) is 26.2 Å². The van der Waals surface area contributed by atoms with Crippen molar-refractivity contribution in [3.05, 3.63) is 0 Å². The van der Waals surface area contributed by atoms with Crippen LogP contribution < -0.4 is 14.9 Å². The molecule has 0 rings (SSSR count). The van der Waals surface area contributed by atoms with Crippen LogP contribution in [0.5, 0.6) is 0 Å². The Morgan fingerprint density at radius 2 is 2.00 bits per heavy atom. The van der Waals surface area contributed by atoms with Gasteiger partial charge in [-0.15, -0.1) is 0 Å². The van der Waals surface area contributed by atoms with Gasteiger partial charge in [-0.2, -0.15) is 0 Å². The van der Waals surface area contributed by atoms with Gasteiger partial charge in [-0.25, -0.2) is 0 Å². The minimum absolute atomic E-state index is 0.724. The molecule has 0 fully saturated rings. The van der Waals surface area contributed by atoms with E-state index in [2.05, 4.69) is 29.3 Å². The van der Waals surface area contributed by atoms with Gasteiger partial charge in [0, 0.05) is 0 Å². The van der Waals surface area contributed by atoms with E-state index in [-0.39, 0.29) is 0 Å². The van der Waals surface area contributed by atoms with Crippen LogP contribution in [-0.2, 0) is 20.1 Å². The summed E-state index contributed by atoms with van der Waals surface area (Å²) in [6.45, 7) is 3.64. The van der Waals surface area contributed by atoms with E-state index in [1.54, 1.807) is 0 Å². The van der Waals surface area contributed by atoms with Gasteiger partial charge in [-0.05, 0) is 0 Å². The monoisotopic (exact) mass is 297 g/mol. The first kappa shape index (κ1) is 8.57. The molecule has 0 bridgehead atoms. The first-order valence-corrected chi connectivity index (χ1v) is 3.76. The van der Waals surface area contributed by atoms with Crippen molar-refractivity contribution < 1.29 is 20.1 Å². The van der Waals surface area contributed by atoms with Crippen LogP contribution in [0.15, 0.2) is 0 Å². The molecule has 0 aliphatic carbocycles. The zero-order valence-corrected chi connectivity index (χ0v) is 6.99. The van der Waals surface area contributed by atoms with Gasteiger partial charge >= 0.3 is 61.2 Å². The average Bonchev–Trinajstić information content (AvgIpc) is 1.81. The summed E-state index contributed by atoms with van der Waals surface area (Å²) in [6.07, 6.45) is 0.